The Labute approximate surface area is 121 Å². The van der Waals surface area contributed by atoms with E-state index in [2.05, 4.69) is 10.0 Å². The monoisotopic (exact) mass is 314 g/mol. The van der Waals surface area contributed by atoms with E-state index in [4.69, 9.17) is 0 Å². The van der Waals surface area contributed by atoms with E-state index in [-0.39, 0.29) is 10.8 Å². The van der Waals surface area contributed by atoms with Gasteiger partial charge < -0.3 is 5.32 Å². The lowest BCUT2D eigenvalue weighted by atomic mass is 10.2. The van der Waals surface area contributed by atoms with Crippen LogP contribution in [-0.2, 0) is 23.1 Å². The highest BCUT2D eigenvalue weighted by molar-refractivity contribution is 7.91. The number of hydrogen-bond acceptors (Lipinski definition) is 4. The first kappa shape index (κ1) is 15.1. The van der Waals surface area contributed by atoms with E-state index in [0.717, 1.165) is 4.88 Å². The van der Waals surface area contributed by atoms with Gasteiger partial charge in [0.1, 0.15) is 10.0 Å². The van der Waals surface area contributed by atoms with Crippen LogP contribution in [0, 0.1) is 5.82 Å². The van der Waals surface area contributed by atoms with Crippen LogP contribution in [0.15, 0.2) is 40.6 Å². The Hall–Kier alpha value is -1.28. The van der Waals surface area contributed by atoms with Crippen molar-refractivity contribution in [1.29, 1.82) is 0 Å². The molecule has 1 heterocycles. The lowest BCUT2D eigenvalue weighted by Crippen LogP contribution is -2.22. The van der Waals surface area contributed by atoms with Gasteiger partial charge in [0, 0.05) is 23.5 Å². The maximum atomic E-state index is 13.4. The Morgan fingerprint density at radius 3 is 2.60 bits per heavy atom. The molecule has 0 amide bonds. The summed E-state index contributed by atoms with van der Waals surface area (Å²) in [5.41, 5.74) is 0.322. The highest BCUT2D eigenvalue weighted by Gasteiger charge is 2.17. The first-order valence-electron chi connectivity index (χ1n) is 5.99. The summed E-state index contributed by atoms with van der Waals surface area (Å²) in [6.07, 6.45) is 0. The van der Waals surface area contributed by atoms with Crippen LogP contribution < -0.4 is 10.0 Å². The second kappa shape index (κ2) is 6.45. The average molecular weight is 314 g/mol. The molecule has 1 aromatic carbocycles. The van der Waals surface area contributed by atoms with Gasteiger partial charge in [-0.3, -0.25) is 0 Å². The Morgan fingerprint density at radius 2 is 1.90 bits per heavy atom. The minimum atomic E-state index is -3.60. The Morgan fingerprint density at radius 1 is 1.15 bits per heavy atom. The molecule has 7 heteroatoms. The largest absolute Gasteiger partial charge is 0.315 e. The third-order valence-corrected chi connectivity index (χ3v) is 5.64. The highest BCUT2D eigenvalue weighted by atomic mass is 32.2. The smallest absolute Gasteiger partial charge is 0.250 e. The lowest BCUT2D eigenvalue weighted by molar-refractivity contribution is 0.576. The van der Waals surface area contributed by atoms with E-state index in [1.807, 2.05) is 0 Å². The van der Waals surface area contributed by atoms with Crippen molar-refractivity contribution < 1.29 is 12.8 Å². The first-order valence-corrected chi connectivity index (χ1v) is 8.29. The molecule has 0 saturated heterocycles. The van der Waals surface area contributed by atoms with Crippen LogP contribution in [0.2, 0.25) is 0 Å². The molecule has 0 aliphatic carbocycles. The molecule has 0 fully saturated rings. The zero-order valence-electron chi connectivity index (χ0n) is 10.9. The number of benzene rings is 1. The standard InChI is InChI=1S/C13H15FN2O2S2/c1-15-9-11-6-7-13(19-11)20(17,18)16-8-10-4-2-3-5-12(10)14/h2-7,15-16H,8-9H2,1H3. The SMILES string of the molecule is CNCc1ccc(S(=O)(=O)NCc2ccccc2F)s1. The van der Waals surface area contributed by atoms with Crippen LogP contribution in [-0.4, -0.2) is 15.5 Å². The molecule has 0 saturated carbocycles. The van der Waals surface area contributed by atoms with Crippen LogP contribution in [0.5, 0.6) is 0 Å². The minimum absolute atomic E-state index is 0.0612. The van der Waals surface area contributed by atoms with Gasteiger partial charge in [0.15, 0.2) is 0 Å². The van der Waals surface area contributed by atoms with E-state index in [9.17, 15) is 12.8 Å². The van der Waals surface area contributed by atoms with Crippen LogP contribution >= 0.6 is 11.3 Å². The molecule has 4 nitrogen and oxygen atoms in total. The molecule has 0 atom stereocenters. The van der Waals surface area contributed by atoms with Gasteiger partial charge in [0.2, 0.25) is 10.0 Å². The minimum Gasteiger partial charge on any atom is -0.315 e. The Balaban J connectivity index is 2.09. The van der Waals surface area contributed by atoms with E-state index >= 15 is 0 Å². The Kier molecular flexibility index (Phi) is 4.87. The molecule has 2 rings (SSSR count). The summed E-state index contributed by atoms with van der Waals surface area (Å²) >= 11 is 1.20. The van der Waals surface area contributed by atoms with Crippen LogP contribution in [0.4, 0.5) is 4.39 Å². The van der Waals surface area contributed by atoms with Gasteiger partial charge in [0.05, 0.1) is 0 Å². The number of halogens is 1. The predicted octanol–water partition coefficient (Wildman–Crippen LogP) is 2.09. The summed E-state index contributed by atoms with van der Waals surface area (Å²) in [4.78, 5) is 0.929. The molecule has 0 radical (unpaired) electrons. The number of hydrogen-bond donors (Lipinski definition) is 2. The maximum absolute atomic E-state index is 13.4. The number of nitrogens with one attached hydrogen (secondary N) is 2. The van der Waals surface area contributed by atoms with Gasteiger partial charge in [-0.15, -0.1) is 11.3 Å². The summed E-state index contributed by atoms with van der Waals surface area (Å²) in [7, 11) is -1.80. The van der Waals surface area contributed by atoms with Crippen molar-refractivity contribution in [3.63, 3.8) is 0 Å². The van der Waals surface area contributed by atoms with E-state index < -0.39 is 15.8 Å². The predicted molar refractivity (Wildman–Crippen MR) is 77.5 cm³/mol. The summed E-state index contributed by atoms with van der Waals surface area (Å²) in [5.74, 6) is -0.419. The average Bonchev–Trinajstić information content (AvgIpc) is 2.88. The number of sulfonamides is 1. The van der Waals surface area contributed by atoms with Crippen molar-refractivity contribution in [2.75, 3.05) is 7.05 Å². The lowest BCUT2D eigenvalue weighted by Gasteiger charge is -2.05. The fourth-order valence-corrected chi connectivity index (χ4v) is 4.08. The Bertz CT molecular complexity index is 683. The second-order valence-electron chi connectivity index (χ2n) is 4.17. The molecule has 108 valence electrons. The molecule has 2 aromatic rings. The summed E-state index contributed by atoms with van der Waals surface area (Å²) < 4.78 is 40.3. The molecule has 0 aliphatic heterocycles. The summed E-state index contributed by atoms with van der Waals surface area (Å²) in [5, 5.41) is 2.96. The van der Waals surface area contributed by atoms with Crippen LogP contribution in [0.3, 0.4) is 0 Å². The topological polar surface area (TPSA) is 58.2 Å². The zero-order chi connectivity index (χ0) is 14.6. The van der Waals surface area contributed by atoms with Gasteiger partial charge >= 0.3 is 0 Å². The van der Waals surface area contributed by atoms with Gasteiger partial charge in [-0.05, 0) is 25.2 Å². The molecule has 0 unspecified atom stereocenters. The zero-order valence-corrected chi connectivity index (χ0v) is 12.5. The molecular formula is C13H15FN2O2S2. The van der Waals surface area contributed by atoms with E-state index in [1.54, 1.807) is 37.4 Å². The molecule has 20 heavy (non-hydrogen) atoms. The van der Waals surface area contributed by atoms with Crippen LogP contribution in [0.1, 0.15) is 10.4 Å². The maximum Gasteiger partial charge on any atom is 0.250 e. The molecule has 2 N–H and O–H groups in total. The second-order valence-corrected chi connectivity index (χ2v) is 7.33. The van der Waals surface area contributed by atoms with Crippen molar-refractivity contribution in [2.24, 2.45) is 0 Å². The summed E-state index contributed by atoms with van der Waals surface area (Å²) in [6, 6.07) is 9.41. The molecule has 0 bridgehead atoms. The fourth-order valence-electron chi connectivity index (χ4n) is 1.66. The van der Waals surface area contributed by atoms with E-state index in [0.29, 0.717) is 12.1 Å². The quantitative estimate of drug-likeness (QED) is 0.858. The normalized spacial score (nSPS) is 11.7. The van der Waals surface area contributed by atoms with Gasteiger partial charge in [-0.25, -0.2) is 17.5 Å². The van der Waals surface area contributed by atoms with Crippen molar-refractivity contribution in [3.05, 3.63) is 52.7 Å². The fraction of sp³-hybridized carbons (Fsp3) is 0.231. The molecular weight excluding hydrogens is 299 g/mol. The third kappa shape index (κ3) is 3.63. The number of rotatable bonds is 6. The molecule has 1 aromatic heterocycles. The molecule has 0 spiro atoms. The summed E-state index contributed by atoms with van der Waals surface area (Å²) in [6.45, 7) is 0.557. The van der Waals surface area contributed by atoms with Crippen molar-refractivity contribution in [3.8, 4) is 0 Å². The van der Waals surface area contributed by atoms with Gasteiger partial charge in [-0.2, -0.15) is 0 Å². The van der Waals surface area contributed by atoms with Crippen LogP contribution in [0.25, 0.3) is 0 Å². The first-order chi connectivity index (χ1) is 9.53. The highest BCUT2D eigenvalue weighted by Crippen LogP contribution is 2.21. The number of thiophene rings is 1. The third-order valence-electron chi connectivity index (χ3n) is 2.66. The van der Waals surface area contributed by atoms with Gasteiger partial charge in [0.25, 0.3) is 0 Å². The van der Waals surface area contributed by atoms with Crippen molar-refractivity contribution >= 4 is 21.4 Å². The van der Waals surface area contributed by atoms with Crippen molar-refractivity contribution in [2.45, 2.75) is 17.3 Å². The molecule has 0 aliphatic rings. The van der Waals surface area contributed by atoms with Gasteiger partial charge in [-0.1, -0.05) is 18.2 Å². The van der Waals surface area contributed by atoms with Crippen molar-refractivity contribution in [1.82, 2.24) is 10.0 Å². The van der Waals surface area contributed by atoms with E-state index in [1.165, 1.54) is 17.4 Å².